The van der Waals surface area contributed by atoms with Crippen molar-refractivity contribution >= 4 is 11.6 Å². The Morgan fingerprint density at radius 3 is 2.55 bits per heavy atom. The highest BCUT2D eigenvalue weighted by Gasteiger charge is 2.17. The zero-order chi connectivity index (χ0) is 16.4. The van der Waals surface area contributed by atoms with E-state index in [1.54, 1.807) is 0 Å². The molecule has 22 heavy (non-hydrogen) atoms. The number of methoxy groups -OCH3 is 1. The monoisotopic (exact) mass is 327 g/mol. The Bertz CT molecular complexity index is 852. The summed E-state index contributed by atoms with van der Waals surface area (Å²) in [7, 11) is 1.29. The molecule has 0 bridgehead atoms. The number of aromatic nitrogens is 2. The zero-order valence-electron chi connectivity index (χ0n) is 11.1. The van der Waals surface area contributed by atoms with E-state index >= 15 is 0 Å². The van der Waals surface area contributed by atoms with Crippen molar-refractivity contribution < 1.29 is 13.5 Å². The number of nitriles is 1. The van der Waals surface area contributed by atoms with E-state index in [4.69, 9.17) is 21.6 Å². The van der Waals surface area contributed by atoms with Gasteiger partial charge < -0.3 is 9.72 Å². The van der Waals surface area contributed by atoms with Gasteiger partial charge in [0.15, 0.2) is 0 Å². The summed E-state index contributed by atoms with van der Waals surface area (Å²) < 4.78 is 30.7. The second-order valence-electron chi connectivity index (χ2n) is 4.12. The highest BCUT2D eigenvalue weighted by Crippen LogP contribution is 2.28. The highest BCUT2D eigenvalue weighted by molar-refractivity contribution is 6.32. The Morgan fingerprint density at radius 1 is 1.36 bits per heavy atom. The van der Waals surface area contributed by atoms with Gasteiger partial charge in [-0.05, 0) is 6.07 Å². The van der Waals surface area contributed by atoms with Crippen molar-refractivity contribution in [3.8, 4) is 17.5 Å². The summed E-state index contributed by atoms with van der Waals surface area (Å²) in [6.45, 7) is 0. The molecule has 114 valence electrons. The lowest BCUT2D eigenvalue weighted by Crippen LogP contribution is -2.34. The molecule has 1 heterocycles. The van der Waals surface area contributed by atoms with Gasteiger partial charge in [-0.2, -0.15) is 5.26 Å². The summed E-state index contributed by atoms with van der Waals surface area (Å²) in [6, 6.07) is 4.86. The number of nitrogens with one attached hydrogen (secondary N) is 1. The molecular weight excluding hydrogens is 320 g/mol. The van der Waals surface area contributed by atoms with Crippen molar-refractivity contribution in [2.45, 2.75) is 6.43 Å². The molecule has 2 rings (SSSR count). The number of alkyl halides is 2. The van der Waals surface area contributed by atoms with E-state index in [1.165, 1.54) is 19.2 Å². The minimum absolute atomic E-state index is 0.0743. The van der Waals surface area contributed by atoms with Crippen LogP contribution >= 0.6 is 11.6 Å². The fourth-order valence-corrected chi connectivity index (χ4v) is 2.08. The van der Waals surface area contributed by atoms with Gasteiger partial charge in [0.2, 0.25) is 0 Å². The van der Waals surface area contributed by atoms with Gasteiger partial charge in [-0.25, -0.2) is 18.1 Å². The standard InChI is InChI=1S/C13H8ClF2N3O3/c1-22-10-4-9(7(14)2-6(10)5-17)19-11(20)3-8(12(15)16)18-13(19)21/h2-4,12H,1H3,(H,18,21). The lowest BCUT2D eigenvalue weighted by molar-refractivity contribution is 0.145. The molecule has 0 saturated carbocycles. The first-order chi connectivity index (χ1) is 10.4. The van der Waals surface area contributed by atoms with E-state index in [0.717, 1.165) is 0 Å². The van der Waals surface area contributed by atoms with Gasteiger partial charge in [0, 0.05) is 12.1 Å². The zero-order valence-corrected chi connectivity index (χ0v) is 11.8. The third-order valence-electron chi connectivity index (χ3n) is 2.82. The first kappa shape index (κ1) is 15.7. The van der Waals surface area contributed by atoms with E-state index in [2.05, 4.69) is 0 Å². The van der Waals surface area contributed by atoms with Crippen molar-refractivity contribution in [1.29, 1.82) is 5.26 Å². The summed E-state index contributed by atoms with van der Waals surface area (Å²) in [6.07, 6.45) is -2.99. The van der Waals surface area contributed by atoms with Crippen molar-refractivity contribution in [2.75, 3.05) is 7.11 Å². The highest BCUT2D eigenvalue weighted by atomic mass is 35.5. The number of halogens is 3. The fourth-order valence-electron chi connectivity index (χ4n) is 1.83. The van der Waals surface area contributed by atoms with Crippen LogP contribution in [-0.2, 0) is 0 Å². The lowest BCUT2D eigenvalue weighted by Gasteiger charge is -2.11. The Labute approximate surface area is 127 Å². The number of H-pyrrole nitrogens is 1. The topological polar surface area (TPSA) is 87.9 Å². The molecule has 0 saturated heterocycles. The quantitative estimate of drug-likeness (QED) is 0.934. The van der Waals surface area contributed by atoms with Crippen molar-refractivity contribution in [2.24, 2.45) is 0 Å². The van der Waals surface area contributed by atoms with E-state index in [-0.39, 0.29) is 22.0 Å². The Hall–Kier alpha value is -2.66. The number of hydrogen-bond acceptors (Lipinski definition) is 4. The molecule has 0 radical (unpaired) electrons. The number of benzene rings is 1. The minimum Gasteiger partial charge on any atom is -0.495 e. The second-order valence-corrected chi connectivity index (χ2v) is 4.53. The fraction of sp³-hybridized carbons (Fsp3) is 0.154. The molecule has 0 aliphatic rings. The lowest BCUT2D eigenvalue weighted by atomic mass is 10.2. The first-order valence-corrected chi connectivity index (χ1v) is 6.19. The third kappa shape index (κ3) is 2.71. The maximum Gasteiger partial charge on any atom is 0.333 e. The molecule has 1 aromatic carbocycles. The number of rotatable bonds is 3. The van der Waals surface area contributed by atoms with Crippen molar-refractivity contribution in [1.82, 2.24) is 9.55 Å². The molecule has 0 aliphatic carbocycles. The average molecular weight is 328 g/mol. The SMILES string of the molecule is COc1cc(-n2c(=O)cc(C(F)F)[nH]c2=O)c(Cl)cc1C#N. The Kier molecular flexibility index (Phi) is 4.28. The van der Waals surface area contributed by atoms with Gasteiger partial charge in [-0.1, -0.05) is 11.6 Å². The third-order valence-corrected chi connectivity index (χ3v) is 3.12. The summed E-state index contributed by atoms with van der Waals surface area (Å²) in [5.41, 5.74) is -2.82. The van der Waals surface area contributed by atoms with E-state index in [9.17, 15) is 18.4 Å². The maximum absolute atomic E-state index is 12.6. The molecular formula is C13H8ClF2N3O3. The van der Waals surface area contributed by atoms with Crippen molar-refractivity contribution in [3.05, 3.63) is 55.3 Å². The van der Waals surface area contributed by atoms with E-state index < -0.39 is 23.4 Å². The minimum atomic E-state index is -2.99. The molecule has 0 amide bonds. The normalized spacial score (nSPS) is 10.5. The first-order valence-electron chi connectivity index (χ1n) is 5.81. The average Bonchev–Trinajstić information content (AvgIpc) is 2.47. The van der Waals surface area contributed by atoms with E-state index in [0.29, 0.717) is 10.6 Å². The molecule has 0 fully saturated rings. The summed E-state index contributed by atoms with van der Waals surface area (Å²) in [4.78, 5) is 25.7. The van der Waals surface area contributed by atoms with Crippen LogP contribution in [0.3, 0.4) is 0 Å². The van der Waals surface area contributed by atoms with Gasteiger partial charge in [-0.3, -0.25) is 4.79 Å². The number of aromatic amines is 1. The molecule has 0 spiro atoms. The van der Waals surface area contributed by atoms with Gasteiger partial charge in [0.25, 0.3) is 12.0 Å². The van der Waals surface area contributed by atoms with Crippen LogP contribution in [0.2, 0.25) is 5.02 Å². The van der Waals surface area contributed by atoms with Crippen LogP contribution in [0.1, 0.15) is 17.7 Å². The predicted octanol–water partition coefficient (Wildman–Crippen LogP) is 2.00. The largest absolute Gasteiger partial charge is 0.495 e. The number of ether oxygens (including phenoxy) is 1. The molecule has 9 heteroatoms. The van der Waals surface area contributed by atoms with Gasteiger partial charge in [0.05, 0.1) is 29.1 Å². The summed E-state index contributed by atoms with van der Waals surface area (Å²) in [5.74, 6) is 0.0890. The smallest absolute Gasteiger partial charge is 0.333 e. The van der Waals surface area contributed by atoms with Gasteiger partial charge in [-0.15, -0.1) is 0 Å². The molecule has 1 N–H and O–H groups in total. The predicted molar refractivity (Wildman–Crippen MR) is 73.9 cm³/mol. The Morgan fingerprint density at radius 2 is 2.05 bits per heavy atom. The number of nitrogens with zero attached hydrogens (tertiary/aromatic N) is 2. The van der Waals surface area contributed by atoms with Crippen LogP contribution < -0.4 is 16.0 Å². The van der Waals surface area contributed by atoms with Crippen LogP contribution in [-0.4, -0.2) is 16.7 Å². The van der Waals surface area contributed by atoms with Crippen LogP contribution in [0.25, 0.3) is 5.69 Å². The number of hydrogen-bond donors (Lipinski definition) is 1. The maximum atomic E-state index is 12.6. The van der Waals surface area contributed by atoms with Gasteiger partial charge in [0.1, 0.15) is 11.8 Å². The molecule has 0 aliphatic heterocycles. The summed E-state index contributed by atoms with van der Waals surface area (Å²) in [5, 5.41) is 8.86. The molecule has 2 aromatic rings. The molecule has 1 aromatic heterocycles. The van der Waals surface area contributed by atoms with Crippen LogP contribution in [0.15, 0.2) is 27.8 Å². The Balaban J connectivity index is 2.76. The van der Waals surface area contributed by atoms with Crippen molar-refractivity contribution in [3.63, 3.8) is 0 Å². The van der Waals surface area contributed by atoms with Crippen LogP contribution in [0.4, 0.5) is 8.78 Å². The molecule has 0 unspecified atom stereocenters. The molecule has 6 nitrogen and oxygen atoms in total. The van der Waals surface area contributed by atoms with Crippen LogP contribution in [0.5, 0.6) is 5.75 Å². The molecule has 0 atom stereocenters. The van der Waals surface area contributed by atoms with Gasteiger partial charge >= 0.3 is 5.69 Å². The summed E-state index contributed by atoms with van der Waals surface area (Å²) >= 11 is 5.95. The van der Waals surface area contributed by atoms with E-state index in [1.807, 2.05) is 11.1 Å². The second kappa shape index (κ2) is 5.99. The van der Waals surface area contributed by atoms with Crippen LogP contribution in [0, 0.1) is 11.3 Å².